The van der Waals surface area contributed by atoms with Gasteiger partial charge in [-0.25, -0.2) is 13.4 Å². The average Bonchev–Trinajstić information content (AvgIpc) is 3.28. The van der Waals surface area contributed by atoms with Crippen molar-refractivity contribution in [3.8, 4) is 11.4 Å². The summed E-state index contributed by atoms with van der Waals surface area (Å²) >= 11 is 1.63. The van der Waals surface area contributed by atoms with Crippen LogP contribution in [0.3, 0.4) is 0 Å². The van der Waals surface area contributed by atoms with Crippen LogP contribution in [0.1, 0.15) is 0 Å². The van der Waals surface area contributed by atoms with Crippen molar-refractivity contribution < 1.29 is 13.2 Å². The molecule has 2 saturated heterocycles. The fraction of sp³-hybridized carbons (Fsp3) is 0.524. The van der Waals surface area contributed by atoms with Crippen LogP contribution in [0.5, 0.6) is 0 Å². The maximum Gasteiger partial charge on any atom is 0.230 e. The Labute approximate surface area is 203 Å². The Hall–Kier alpha value is -2.61. The van der Waals surface area contributed by atoms with E-state index in [-0.39, 0.29) is 0 Å². The fourth-order valence-corrected chi connectivity index (χ4v) is 5.75. The number of nitrogens with zero attached hydrogens (tertiary/aromatic N) is 8. The minimum absolute atomic E-state index is 0.410. The molecule has 0 radical (unpaired) electrons. The molecule has 13 heteroatoms. The Balaban J connectivity index is 1.51. The molecule has 0 aliphatic carbocycles. The Bertz CT molecular complexity index is 1280. The van der Waals surface area contributed by atoms with Gasteiger partial charge in [-0.2, -0.15) is 19.3 Å². The second-order valence-electron chi connectivity index (χ2n) is 8.58. The molecule has 0 atom stereocenters. The Kier molecular flexibility index (Phi) is 6.27. The zero-order valence-electron chi connectivity index (χ0n) is 19.5. The van der Waals surface area contributed by atoms with Crippen molar-refractivity contribution in [3.05, 3.63) is 18.2 Å². The summed E-state index contributed by atoms with van der Waals surface area (Å²) in [7, 11) is 0.753. The van der Waals surface area contributed by atoms with Gasteiger partial charge in [0, 0.05) is 58.9 Å². The summed E-state index contributed by atoms with van der Waals surface area (Å²) in [4.78, 5) is 25.2. The molecule has 11 nitrogen and oxygen atoms in total. The molecule has 4 heterocycles. The fourth-order valence-electron chi connectivity index (χ4n) is 3.99. The number of piperazine rings is 1. The molecule has 182 valence electrons. The van der Waals surface area contributed by atoms with Crippen molar-refractivity contribution in [2.75, 3.05) is 87.5 Å². The summed E-state index contributed by atoms with van der Waals surface area (Å²) in [5.74, 6) is 1.78. The van der Waals surface area contributed by atoms with Crippen molar-refractivity contribution >= 4 is 48.6 Å². The Morgan fingerprint density at radius 2 is 1.56 bits per heavy atom. The van der Waals surface area contributed by atoms with Crippen molar-refractivity contribution in [2.45, 2.75) is 0 Å². The van der Waals surface area contributed by atoms with Crippen LogP contribution >= 0.6 is 11.3 Å². The maximum absolute atomic E-state index is 11.9. The first-order chi connectivity index (χ1) is 16.3. The van der Waals surface area contributed by atoms with Crippen LogP contribution in [-0.4, -0.2) is 105 Å². The summed E-state index contributed by atoms with van der Waals surface area (Å²) in [6.45, 7) is 4.56. The number of sulfonamides is 1. The van der Waals surface area contributed by atoms with E-state index in [1.165, 1.54) is 10.6 Å². The minimum Gasteiger partial charge on any atom is -0.378 e. The van der Waals surface area contributed by atoms with Crippen LogP contribution in [0.15, 0.2) is 18.2 Å². The first kappa shape index (κ1) is 23.1. The number of hydrogen-bond acceptors (Lipinski definition) is 11. The minimum atomic E-state index is -3.21. The van der Waals surface area contributed by atoms with E-state index in [1.54, 1.807) is 11.3 Å². The lowest BCUT2D eigenvalue weighted by Crippen LogP contribution is -2.49. The Morgan fingerprint density at radius 1 is 0.912 bits per heavy atom. The number of ether oxygens (including phenoxy) is 1. The SMILES string of the molecule is CN(C)c1nc2ccc(-c3nc(N4CCOCC4)nc(N4CCN(S(C)(=O)=O)CC4)n3)cc2s1. The highest BCUT2D eigenvalue weighted by atomic mass is 32.2. The van der Waals surface area contributed by atoms with Crippen LogP contribution in [0.2, 0.25) is 0 Å². The summed E-state index contributed by atoms with van der Waals surface area (Å²) < 4.78 is 31.9. The monoisotopic (exact) mass is 504 g/mol. The molecule has 2 aliphatic heterocycles. The number of benzene rings is 1. The van der Waals surface area contributed by atoms with E-state index in [9.17, 15) is 8.42 Å². The van der Waals surface area contributed by atoms with E-state index in [1.807, 2.05) is 36.0 Å². The third kappa shape index (κ3) is 4.78. The molecule has 0 unspecified atom stereocenters. The van der Waals surface area contributed by atoms with Gasteiger partial charge in [0.05, 0.1) is 29.7 Å². The van der Waals surface area contributed by atoms with E-state index in [4.69, 9.17) is 19.7 Å². The van der Waals surface area contributed by atoms with Crippen LogP contribution < -0.4 is 14.7 Å². The van der Waals surface area contributed by atoms with Crippen molar-refractivity contribution in [2.24, 2.45) is 0 Å². The van der Waals surface area contributed by atoms with Gasteiger partial charge in [0.1, 0.15) is 0 Å². The van der Waals surface area contributed by atoms with Gasteiger partial charge in [-0.1, -0.05) is 11.3 Å². The van der Waals surface area contributed by atoms with Gasteiger partial charge in [-0.3, -0.25) is 0 Å². The van der Waals surface area contributed by atoms with Crippen molar-refractivity contribution in [1.82, 2.24) is 24.2 Å². The van der Waals surface area contributed by atoms with Crippen LogP contribution in [0.4, 0.5) is 17.0 Å². The number of anilines is 3. The molecule has 0 spiro atoms. The highest BCUT2D eigenvalue weighted by Gasteiger charge is 2.26. The molecule has 0 N–H and O–H groups in total. The number of aromatic nitrogens is 4. The molecule has 2 fully saturated rings. The predicted octanol–water partition coefficient (Wildman–Crippen LogP) is 1.13. The molecule has 2 aromatic heterocycles. The Morgan fingerprint density at radius 3 is 2.18 bits per heavy atom. The number of rotatable bonds is 5. The van der Waals surface area contributed by atoms with Gasteiger partial charge < -0.3 is 19.4 Å². The zero-order chi connectivity index (χ0) is 23.9. The van der Waals surface area contributed by atoms with Crippen LogP contribution in [0.25, 0.3) is 21.6 Å². The highest BCUT2D eigenvalue weighted by molar-refractivity contribution is 7.88. The van der Waals surface area contributed by atoms with E-state index in [2.05, 4.69) is 16.0 Å². The smallest absolute Gasteiger partial charge is 0.230 e. The lowest BCUT2D eigenvalue weighted by atomic mass is 10.2. The summed E-state index contributed by atoms with van der Waals surface area (Å²) in [6.07, 6.45) is 1.25. The second-order valence-corrected chi connectivity index (χ2v) is 11.6. The van der Waals surface area contributed by atoms with Crippen LogP contribution in [0, 0.1) is 0 Å². The highest BCUT2D eigenvalue weighted by Crippen LogP contribution is 2.31. The third-order valence-corrected chi connectivity index (χ3v) is 8.40. The number of morpholine rings is 1. The normalized spacial score (nSPS) is 18.0. The maximum atomic E-state index is 11.9. The summed E-state index contributed by atoms with van der Waals surface area (Å²) in [5, 5.41) is 0.946. The number of fused-ring (bicyclic) bond motifs is 1. The predicted molar refractivity (Wildman–Crippen MR) is 134 cm³/mol. The van der Waals surface area contributed by atoms with Crippen LogP contribution in [-0.2, 0) is 14.8 Å². The van der Waals surface area contributed by atoms with Gasteiger partial charge in [-0.05, 0) is 18.2 Å². The van der Waals surface area contributed by atoms with Gasteiger partial charge in [0.2, 0.25) is 21.9 Å². The largest absolute Gasteiger partial charge is 0.378 e. The van der Waals surface area contributed by atoms with Crippen molar-refractivity contribution in [1.29, 1.82) is 0 Å². The molecule has 34 heavy (non-hydrogen) atoms. The summed E-state index contributed by atoms with van der Waals surface area (Å²) in [5.41, 5.74) is 1.84. The molecule has 0 amide bonds. The molecule has 0 saturated carbocycles. The molecule has 2 aliphatic rings. The molecule has 5 rings (SSSR count). The van der Waals surface area contributed by atoms with Gasteiger partial charge in [0.15, 0.2) is 11.0 Å². The molecule has 0 bridgehead atoms. The average molecular weight is 505 g/mol. The number of hydrogen-bond donors (Lipinski definition) is 0. The quantitative estimate of drug-likeness (QED) is 0.502. The molecular weight excluding hydrogens is 476 g/mol. The second kappa shape index (κ2) is 9.21. The summed E-state index contributed by atoms with van der Waals surface area (Å²) in [6, 6.07) is 6.06. The van der Waals surface area contributed by atoms with E-state index >= 15 is 0 Å². The van der Waals surface area contributed by atoms with Gasteiger partial charge >= 0.3 is 0 Å². The zero-order valence-corrected chi connectivity index (χ0v) is 21.1. The van der Waals surface area contributed by atoms with Gasteiger partial charge in [0.25, 0.3) is 0 Å². The van der Waals surface area contributed by atoms with E-state index in [0.717, 1.165) is 20.9 Å². The lowest BCUT2D eigenvalue weighted by molar-refractivity contribution is 0.122. The molecule has 1 aromatic carbocycles. The molecular formula is C21H28N8O3S2. The topological polar surface area (TPSA) is 108 Å². The van der Waals surface area contributed by atoms with Gasteiger partial charge in [-0.15, -0.1) is 0 Å². The molecule has 3 aromatic rings. The standard InChI is InChI=1S/C21H28N8O3S2/c1-26(2)21-22-16-5-4-15(14-17(16)33-21)18-23-19(25-20(24-18)28-10-12-32-13-11-28)27-6-8-29(9-7-27)34(3,30)31/h4-5,14H,6-13H2,1-3H3. The van der Waals surface area contributed by atoms with E-state index in [0.29, 0.717) is 70.2 Å². The third-order valence-electron chi connectivity index (χ3n) is 5.91. The number of thiazole rings is 1. The van der Waals surface area contributed by atoms with E-state index < -0.39 is 10.0 Å². The lowest BCUT2D eigenvalue weighted by Gasteiger charge is -2.34. The van der Waals surface area contributed by atoms with Crippen molar-refractivity contribution in [3.63, 3.8) is 0 Å². The first-order valence-electron chi connectivity index (χ1n) is 11.1. The first-order valence-corrected chi connectivity index (χ1v) is 13.8.